The standard InChI is InChI=1S/C20H26N2O3S/c1-17-8-10-19(11-9-17)16-22(26(2,24)25)15-14-21-20(23)13-12-18-6-4-3-5-7-18/h3-11H,12-16H2,1-2H3,(H,21,23). The van der Waals surface area contributed by atoms with Gasteiger partial charge in [-0.3, -0.25) is 4.79 Å². The molecule has 0 aromatic heterocycles. The zero-order valence-electron chi connectivity index (χ0n) is 15.3. The minimum Gasteiger partial charge on any atom is -0.355 e. The van der Waals surface area contributed by atoms with E-state index in [-0.39, 0.29) is 12.5 Å². The molecule has 0 radical (unpaired) electrons. The SMILES string of the molecule is Cc1ccc(CN(CCNC(=O)CCc2ccccc2)S(C)(=O)=O)cc1. The van der Waals surface area contributed by atoms with Crippen LogP contribution in [0.25, 0.3) is 0 Å². The van der Waals surface area contributed by atoms with E-state index in [0.29, 0.717) is 25.9 Å². The molecule has 26 heavy (non-hydrogen) atoms. The second-order valence-corrected chi connectivity index (χ2v) is 8.40. The number of hydrogen-bond acceptors (Lipinski definition) is 3. The van der Waals surface area contributed by atoms with Gasteiger partial charge in [0.15, 0.2) is 0 Å². The van der Waals surface area contributed by atoms with Gasteiger partial charge in [-0.1, -0.05) is 60.2 Å². The van der Waals surface area contributed by atoms with Crippen LogP contribution in [0.5, 0.6) is 0 Å². The quantitative estimate of drug-likeness (QED) is 0.733. The third-order valence-electron chi connectivity index (χ3n) is 4.12. The fourth-order valence-corrected chi connectivity index (χ4v) is 3.38. The van der Waals surface area contributed by atoms with E-state index in [2.05, 4.69) is 5.32 Å². The van der Waals surface area contributed by atoms with Gasteiger partial charge in [0.1, 0.15) is 0 Å². The Labute approximate surface area is 156 Å². The molecule has 0 saturated heterocycles. The van der Waals surface area contributed by atoms with Crippen LogP contribution in [-0.2, 0) is 27.8 Å². The second kappa shape index (κ2) is 9.50. The molecule has 0 saturated carbocycles. The van der Waals surface area contributed by atoms with Crippen LogP contribution >= 0.6 is 0 Å². The molecule has 2 aromatic rings. The van der Waals surface area contributed by atoms with Crippen LogP contribution in [0.3, 0.4) is 0 Å². The normalized spacial score (nSPS) is 11.5. The van der Waals surface area contributed by atoms with Crippen molar-refractivity contribution in [2.24, 2.45) is 0 Å². The Balaban J connectivity index is 1.81. The summed E-state index contributed by atoms with van der Waals surface area (Å²) < 4.78 is 25.4. The lowest BCUT2D eigenvalue weighted by Gasteiger charge is -2.20. The summed E-state index contributed by atoms with van der Waals surface area (Å²) in [5, 5.41) is 2.81. The number of aryl methyl sites for hydroxylation is 2. The summed E-state index contributed by atoms with van der Waals surface area (Å²) in [6.45, 7) is 2.85. The van der Waals surface area contributed by atoms with Gasteiger partial charge in [-0.25, -0.2) is 8.42 Å². The smallest absolute Gasteiger partial charge is 0.220 e. The lowest BCUT2D eigenvalue weighted by molar-refractivity contribution is -0.121. The summed E-state index contributed by atoms with van der Waals surface area (Å²) in [5.41, 5.74) is 3.17. The monoisotopic (exact) mass is 374 g/mol. The Morgan fingerprint density at radius 3 is 2.27 bits per heavy atom. The zero-order valence-corrected chi connectivity index (χ0v) is 16.1. The van der Waals surface area contributed by atoms with Crippen molar-refractivity contribution >= 4 is 15.9 Å². The van der Waals surface area contributed by atoms with Crippen LogP contribution in [-0.4, -0.2) is 38.0 Å². The third kappa shape index (κ3) is 6.98. The molecular formula is C20H26N2O3S. The Hall–Kier alpha value is -2.18. The van der Waals surface area contributed by atoms with Crippen LogP contribution in [0.4, 0.5) is 0 Å². The lowest BCUT2D eigenvalue weighted by Crippen LogP contribution is -2.37. The first-order valence-electron chi connectivity index (χ1n) is 8.66. The molecule has 0 aliphatic carbocycles. The Morgan fingerprint density at radius 2 is 1.65 bits per heavy atom. The molecule has 0 aliphatic rings. The van der Waals surface area contributed by atoms with Crippen molar-refractivity contribution in [1.82, 2.24) is 9.62 Å². The van der Waals surface area contributed by atoms with Gasteiger partial charge < -0.3 is 5.32 Å². The van der Waals surface area contributed by atoms with Crippen LogP contribution in [0, 0.1) is 6.92 Å². The van der Waals surface area contributed by atoms with Crippen LogP contribution in [0.15, 0.2) is 54.6 Å². The number of rotatable bonds is 9. The van der Waals surface area contributed by atoms with E-state index in [4.69, 9.17) is 0 Å². The minimum atomic E-state index is -3.34. The summed E-state index contributed by atoms with van der Waals surface area (Å²) >= 11 is 0. The number of carbonyl (C=O) groups is 1. The molecule has 0 heterocycles. The average Bonchev–Trinajstić information content (AvgIpc) is 2.61. The fourth-order valence-electron chi connectivity index (χ4n) is 2.57. The molecule has 140 valence electrons. The molecule has 0 spiro atoms. The molecule has 0 bridgehead atoms. The highest BCUT2D eigenvalue weighted by atomic mass is 32.2. The van der Waals surface area contributed by atoms with Crippen molar-refractivity contribution in [1.29, 1.82) is 0 Å². The van der Waals surface area contributed by atoms with Crippen molar-refractivity contribution in [2.45, 2.75) is 26.3 Å². The van der Waals surface area contributed by atoms with Gasteiger partial charge in [0, 0.05) is 26.1 Å². The fraction of sp³-hybridized carbons (Fsp3) is 0.350. The van der Waals surface area contributed by atoms with Crippen LogP contribution in [0.1, 0.15) is 23.1 Å². The largest absolute Gasteiger partial charge is 0.355 e. The summed E-state index contributed by atoms with van der Waals surface area (Å²) in [4.78, 5) is 12.0. The highest BCUT2D eigenvalue weighted by Crippen LogP contribution is 2.09. The molecular weight excluding hydrogens is 348 g/mol. The van der Waals surface area contributed by atoms with Crippen molar-refractivity contribution in [2.75, 3.05) is 19.3 Å². The van der Waals surface area contributed by atoms with Crippen LogP contribution in [0.2, 0.25) is 0 Å². The van der Waals surface area contributed by atoms with Gasteiger partial charge in [0.25, 0.3) is 0 Å². The summed E-state index contributed by atoms with van der Waals surface area (Å²) in [5.74, 6) is -0.0716. The highest BCUT2D eigenvalue weighted by molar-refractivity contribution is 7.88. The van der Waals surface area contributed by atoms with E-state index < -0.39 is 10.0 Å². The second-order valence-electron chi connectivity index (χ2n) is 6.42. The average molecular weight is 375 g/mol. The molecule has 0 fully saturated rings. The topological polar surface area (TPSA) is 66.5 Å². The predicted octanol–water partition coefficient (Wildman–Crippen LogP) is 2.51. The predicted molar refractivity (Wildman–Crippen MR) is 104 cm³/mol. The molecule has 1 N–H and O–H groups in total. The Bertz CT molecular complexity index is 803. The number of nitrogens with one attached hydrogen (secondary N) is 1. The number of benzene rings is 2. The van der Waals surface area contributed by atoms with Gasteiger partial charge in [-0.2, -0.15) is 4.31 Å². The maximum absolute atomic E-state index is 12.0. The van der Waals surface area contributed by atoms with E-state index in [9.17, 15) is 13.2 Å². The number of amides is 1. The van der Waals surface area contributed by atoms with Crippen molar-refractivity contribution in [3.8, 4) is 0 Å². The summed E-state index contributed by atoms with van der Waals surface area (Å²) in [7, 11) is -3.34. The Kier molecular flexibility index (Phi) is 7.36. The van der Waals surface area contributed by atoms with Crippen molar-refractivity contribution in [3.63, 3.8) is 0 Å². The zero-order chi connectivity index (χ0) is 19.0. The molecule has 2 rings (SSSR count). The van der Waals surface area contributed by atoms with Crippen molar-refractivity contribution in [3.05, 3.63) is 71.3 Å². The molecule has 1 amide bonds. The number of nitrogens with zero attached hydrogens (tertiary/aromatic N) is 1. The van der Waals surface area contributed by atoms with Gasteiger partial charge in [-0.15, -0.1) is 0 Å². The Morgan fingerprint density at radius 1 is 1.00 bits per heavy atom. The van der Waals surface area contributed by atoms with Gasteiger partial charge >= 0.3 is 0 Å². The maximum Gasteiger partial charge on any atom is 0.220 e. The van der Waals surface area contributed by atoms with E-state index in [1.165, 1.54) is 10.6 Å². The molecule has 6 heteroatoms. The number of hydrogen-bond donors (Lipinski definition) is 1. The van der Waals surface area contributed by atoms with E-state index in [0.717, 1.165) is 16.7 Å². The minimum absolute atomic E-state index is 0.0716. The third-order valence-corrected chi connectivity index (χ3v) is 5.37. The lowest BCUT2D eigenvalue weighted by atomic mass is 10.1. The molecule has 2 aromatic carbocycles. The van der Waals surface area contributed by atoms with E-state index >= 15 is 0 Å². The van der Waals surface area contributed by atoms with Gasteiger partial charge in [0.2, 0.25) is 15.9 Å². The first-order chi connectivity index (χ1) is 12.3. The molecule has 0 unspecified atom stereocenters. The first-order valence-corrected chi connectivity index (χ1v) is 10.5. The molecule has 5 nitrogen and oxygen atoms in total. The number of sulfonamides is 1. The summed E-state index contributed by atoms with van der Waals surface area (Å²) in [6, 6.07) is 17.6. The molecule has 0 aliphatic heterocycles. The van der Waals surface area contributed by atoms with E-state index in [1.54, 1.807) is 0 Å². The van der Waals surface area contributed by atoms with Gasteiger partial charge in [0.05, 0.1) is 6.26 Å². The van der Waals surface area contributed by atoms with Gasteiger partial charge in [-0.05, 0) is 24.5 Å². The number of carbonyl (C=O) groups excluding carboxylic acids is 1. The first kappa shape index (κ1) is 20.1. The summed E-state index contributed by atoms with van der Waals surface area (Å²) in [6.07, 6.45) is 2.26. The molecule has 0 atom stereocenters. The van der Waals surface area contributed by atoms with Crippen molar-refractivity contribution < 1.29 is 13.2 Å². The van der Waals surface area contributed by atoms with E-state index in [1.807, 2.05) is 61.5 Å². The maximum atomic E-state index is 12.0. The van der Waals surface area contributed by atoms with Crippen LogP contribution < -0.4 is 5.32 Å². The highest BCUT2D eigenvalue weighted by Gasteiger charge is 2.17.